The third kappa shape index (κ3) is 2.88. The van der Waals surface area contributed by atoms with Crippen molar-refractivity contribution in [2.75, 3.05) is 26.8 Å². The van der Waals surface area contributed by atoms with Crippen molar-refractivity contribution >= 4 is 21.4 Å². The van der Waals surface area contributed by atoms with Gasteiger partial charge in [-0.1, -0.05) is 6.07 Å². The van der Waals surface area contributed by atoms with E-state index in [-0.39, 0.29) is 0 Å². The second kappa shape index (κ2) is 5.48. The molecule has 0 saturated carbocycles. The van der Waals surface area contributed by atoms with E-state index in [2.05, 4.69) is 0 Å². The van der Waals surface area contributed by atoms with Crippen molar-refractivity contribution in [2.24, 2.45) is 5.92 Å². The number of hydrogen-bond donors (Lipinski definition) is 0. The molecule has 1 aromatic rings. The normalized spacial score (nSPS) is 22.8. The number of methoxy groups -OCH3 is 1. The fourth-order valence-electron chi connectivity index (χ4n) is 2.15. The lowest BCUT2D eigenvalue weighted by Crippen LogP contribution is -2.40. The number of rotatable bonds is 4. The Balaban J connectivity index is 2.12. The predicted molar refractivity (Wildman–Crippen MR) is 67.7 cm³/mol. The summed E-state index contributed by atoms with van der Waals surface area (Å²) in [6.45, 7) is 1.84. The van der Waals surface area contributed by atoms with E-state index >= 15 is 0 Å². The highest BCUT2D eigenvalue weighted by atomic mass is 32.2. The zero-order valence-electron chi connectivity index (χ0n) is 9.83. The molecular weight excluding hydrogens is 258 g/mol. The van der Waals surface area contributed by atoms with E-state index in [1.165, 1.54) is 11.3 Å². The van der Waals surface area contributed by atoms with Crippen LogP contribution in [0.25, 0.3) is 0 Å². The quantitative estimate of drug-likeness (QED) is 0.841. The van der Waals surface area contributed by atoms with Crippen LogP contribution >= 0.6 is 11.3 Å². The Morgan fingerprint density at radius 1 is 1.59 bits per heavy atom. The number of nitrogens with zero attached hydrogens (tertiary/aromatic N) is 1. The summed E-state index contributed by atoms with van der Waals surface area (Å²) in [5, 5.41) is 1.80. The number of piperidine rings is 1. The average Bonchev–Trinajstić information content (AvgIpc) is 2.84. The molecule has 17 heavy (non-hydrogen) atoms. The van der Waals surface area contributed by atoms with E-state index in [1.807, 2.05) is 0 Å². The van der Waals surface area contributed by atoms with Crippen molar-refractivity contribution in [1.29, 1.82) is 0 Å². The van der Waals surface area contributed by atoms with E-state index < -0.39 is 10.0 Å². The maximum atomic E-state index is 12.3. The fraction of sp³-hybridized carbons (Fsp3) is 0.636. The zero-order valence-corrected chi connectivity index (χ0v) is 11.5. The molecule has 1 atom stereocenters. The van der Waals surface area contributed by atoms with Crippen LogP contribution in [0.15, 0.2) is 21.7 Å². The highest BCUT2D eigenvalue weighted by molar-refractivity contribution is 7.91. The first-order chi connectivity index (χ1) is 8.14. The summed E-state index contributed by atoms with van der Waals surface area (Å²) in [5.74, 6) is 0.323. The third-order valence-corrected chi connectivity index (χ3v) is 6.21. The molecule has 4 nitrogen and oxygen atoms in total. The Bertz CT molecular complexity index is 439. The molecule has 0 spiro atoms. The van der Waals surface area contributed by atoms with Crippen LogP contribution in [0.2, 0.25) is 0 Å². The summed E-state index contributed by atoms with van der Waals surface area (Å²) in [5.41, 5.74) is 0. The van der Waals surface area contributed by atoms with Gasteiger partial charge in [0.2, 0.25) is 0 Å². The van der Waals surface area contributed by atoms with E-state index in [4.69, 9.17) is 4.74 Å². The summed E-state index contributed by atoms with van der Waals surface area (Å²) in [6.07, 6.45) is 1.96. The van der Waals surface area contributed by atoms with Crippen LogP contribution in [0.1, 0.15) is 12.8 Å². The molecule has 1 aliphatic rings. The Kier molecular flexibility index (Phi) is 4.19. The van der Waals surface area contributed by atoms with E-state index in [0.29, 0.717) is 29.8 Å². The Morgan fingerprint density at radius 2 is 2.41 bits per heavy atom. The summed E-state index contributed by atoms with van der Waals surface area (Å²) in [6, 6.07) is 3.44. The molecule has 0 amide bonds. The highest BCUT2D eigenvalue weighted by Crippen LogP contribution is 2.26. The monoisotopic (exact) mass is 275 g/mol. The molecule has 0 aromatic carbocycles. The molecule has 0 aliphatic carbocycles. The minimum atomic E-state index is -3.27. The molecule has 2 heterocycles. The van der Waals surface area contributed by atoms with Gasteiger partial charge in [-0.25, -0.2) is 8.42 Å². The van der Waals surface area contributed by atoms with Crippen LogP contribution in [0.5, 0.6) is 0 Å². The maximum absolute atomic E-state index is 12.3. The van der Waals surface area contributed by atoms with Gasteiger partial charge >= 0.3 is 0 Å². The Labute approximate surface area is 106 Å². The molecule has 1 aromatic heterocycles. The molecule has 96 valence electrons. The number of sulfonamides is 1. The molecular formula is C11H17NO3S2. The van der Waals surface area contributed by atoms with E-state index in [9.17, 15) is 8.42 Å². The Hall–Kier alpha value is -0.430. The maximum Gasteiger partial charge on any atom is 0.252 e. The van der Waals surface area contributed by atoms with E-state index in [0.717, 1.165) is 12.8 Å². The third-order valence-electron chi connectivity index (χ3n) is 2.97. The fourth-order valence-corrected chi connectivity index (χ4v) is 4.85. The van der Waals surface area contributed by atoms with Gasteiger partial charge in [0.25, 0.3) is 10.0 Å². The summed E-state index contributed by atoms with van der Waals surface area (Å²) < 4.78 is 31.7. The molecule has 6 heteroatoms. The largest absolute Gasteiger partial charge is 0.384 e. The van der Waals surface area contributed by atoms with Gasteiger partial charge in [0.05, 0.1) is 6.61 Å². The van der Waals surface area contributed by atoms with Crippen LogP contribution in [-0.4, -0.2) is 39.5 Å². The first-order valence-corrected chi connectivity index (χ1v) is 7.99. The van der Waals surface area contributed by atoms with Crippen molar-refractivity contribution in [2.45, 2.75) is 17.1 Å². The summed E-state index contributed by atoms with van der Waals surface area (Å²) in [4.78, 5) is 0. The van der Waals surface area contributed by atoms with Crippen LogP contribution in [0.4, 0.5) is 0 Å². The molecule has 0 N–H and O–H groups in total. The highest BCUT2D eigenvalue weighted by Gasteiger charge is 2.30. The summed E-state index contributed by atoms with van der Waals surface area (Å²) >= 11 is 1.28. The molecule has 0 radical (unpaired) electrons. The van der Waals surface area contributed by atoms with Gasteiger partial charge in [-0.2, -0.15) is 4.31 Å². The summed E-state index contributed by atoms with van der Waals surface area (Å²) in [7, 11) is -1.61. The van der Waals surface area contributed by atoms with Crippen LogP contribution in [0, 0.1) is 5.92 Å². The molecule has 2 rings (SSSR count). The first-order valence-electron chi connectivity index (χ1n) is 5.67. The minimum absolute atomic E-state index is 0.323. The molecule has 1 saturated heterocycles. The van der Waals surface area contributed by atoms with Crippen molar-refractivity contribution < 1.29 is 13.2 Å². The van der Waals surface area contributed by atoms with Crippen molar-refractivity contribution in [3.05, 3.63) is 17.5 Å². The second-order valence-corrected chi connectivity index (χ2v) is 7.37. The van der Waals surface area contributed by atoms with E-state index in [1.54, 1.807) is 28.9 Å². The number of thiophene rings is 1. The average molecular weight is 275 g/mol. The van der Waals surface area contributed by atoms with Gasteiger partial charge in [0, 0.05) is 20.2 Å². The lowest BCUT2D eigenvalue weighted by molar-refractivity contribution is 0.118. The lowest BCUT2D eigenvalue weighted by atomic mass is 10.0. The standard InChI is InChI=1S/C11H17NO3S2/c1-15-9-10-4-2-6-12(8-10)17(13,14)11-5-3-7-16-11/h3,5,7,10H,2,4,6,8-9H2,1H3. The Morgan fingerprint density at radius 3 is 3.06 bits per heavy atom. The second-order valence-electron chi connectivity index (χ2n) is 4.26. The molecule has 1 unspecified atom stereocenters. The SMILES string of the molecule is COCC1CCCN(S(=O)(=O)c2cccs2)C1. The van der Waals surface area contributed by atoms with Gasteiger partial charge in [-0.3, -0.25) is 0 Å². The molecule has 1 fully saturated rings. The van der Waals surface area contributed by atoms with Gasteiger partial charge in [-0.05, 0) is 30.2 Å². The van der Waals surface area contributed by atoms with Gasteiger partial charge in [0.1, 0.15) is 4.21 Å². The van der Waals surface area contributed by atoms with Crippen LogP contribution < -0.4 is 0 Å². The van der Waals surface area contributed by atoms with Gasteiger partial charge < -0.3 is 4.74 Å². The van der Waals surface area contributed by atoms with Gasteiger partial charge in [-0.15, -0.1) is 11.3 Å². The zero-order chi connectivity index (χ0) is 12.3. The predicted octanol–water partition coefficient (Wildman–Crippen LogP) is 1.80. The smallest absolute Gasteiger partial charge is 0.252 e. The van der Waals surface area contributed by atoms with Crippen molar-refractivity contribution in [3.63, 3.8) is 0 Å². The topological polar surface area (TPSA) is 46.6 Å². The number of hydrogen-bond acceptors (Lipinski definition) is 4. The van der Waals surface area contributed by atoms with Crippen LogP contribution in [-0.2, 0) is 14.8 Å². The lowest BCUT2D eigenvalue weighted by Gasteiger charge is -2.31. The molecule has 0 bridgehead atoms. The van der Waals surface area contributed by atoms with Crippen molar-refractivity contribution in [1.82, 2.24) is 4.31 Å². The van der Waals surface area contributed by atoms with Gasteiger partial charge in [0.15, 0.2) is 0 Å². The minimum Gasteiger partial charge on any atom is -0.384 e. The number of ether oxygens (including phenoxy) is 1. The first kappa shape index (κ1) is 13.0. The van der Waals surface area contributed by atoms with Crippen LogP contribution in [0.3, 0.4) is 0 Å². The molecule has 1 aliphatic heterocycles. The van der Waals surface area contributed by atoms with Crippen molar-refractivity contribution in [3.8, 4) is 0 Å².